The Bertz CT molecular complexity index is 848. The summed E-state index contributed by atoms with van der Waals surface area (Å²) in [6.07, 6.45) is 0. The first kappa shape index (κ1) is 13.7. The van der Waals surface area contributed by atoms with Crippen LogP contribution in [0, 0.1) is 13.8 Å². The highest BCUT2D eigenvalue weighted by Crippen LogP contribution is 2.28. The molecule has 0 bridgehead atoms. The minimum absolute atomic E-state index is 0.175. The summed E-state index contributed by atoms with van der Waals surface area (Å²) in [5, 5.41) is 14.9. The number of para-hydroxylation sites is 1. The molecule has 2 heterocycles. The number of benzene rings is 1. The number of nitrogens with zero attached hydrogens (tertiary/aromatic N) is 2. The molecule has 0 saturated heterocycles. The second-order valence-electron chi connectivity index (χ2n) is 4.84. The Morgan fingerprint density at radius 3 is 2.71 bits per heavy atom. The molecule has 1 N–H and O–H groups in total. The van der Waals surface area contributed by atoms with Crippen LogP contribution in [-0.4, -0.2) is 20.9 Å². The van der Waals surface area contributed by atoms with Crippen LogP contribution in [-0.2, 0) is 6.54 Å². The molecular weight excluding hydrogens is 292 g/mol. The van der Waals surface area contributed by atoms with Gasteiger partial charge in [-0.25, -0.2) is 4.79 Å². The molecule has 5 nitrogen and oxygen atoms in total. The summed E-state index contributed by atoms with van der Waals surface area (Å²) in [6, 6.07) is 7.08. The molecule has 3 rings (SSSR count). The minimum atomic E-state index is -1.01. The van der Waals surface area contributed by atoms with E-state index >= 15 is 0 Å². The van der Waals surface area contributed by atoms with Crippen LogP contribution in [0.4, 0.5) is 0 Å². The number of aromatic nitrogens is 2. The van der Waals surface area contributed by atoms with Crippen LogP contribution in [0.5, 0.6) is 0 Å². The molecule has 0 spiro atoms. The topological polar surface area (TPSA) is 68.3 Å². The van der Waals surface area contributed by atoms with Gasteiger partial charge in [-0.15, -0.1) is 0 Å². The molecule has 0 amide bonds. The highest BCUT2D eigenvalue weighted by atomic mass is 35.5. The van der Waals surface area contributed by atoms with Crippen LogP contribution in [0.15, 0.2) is 28.7 Å². The highest BCUT2D eigenvalue weighted by Gasteiger charge is 2.21. The van der Waals surface area contributed by atoms with Crippen molar-refractivity contribution in [3.8, 4) is 0 Å². The van der Waals surface area contributed by atoms with Crippen molar-refractivity contribution in [3.05, 3.63) is 52.0 Å². The number of aromatic carboxylic acids is 1. The van der Waals surface area contributed by atoms with Gasteiger partial charge in [0.2, 0.25) is 0 Å². The number of carboxylic acids is 1. The number of rotatable bonds is 3. The summed E-state index contributed by atoms with van der Waals surface area (Å²) in [5.74, 6) is -0.645. The molecule has 1 aromatic carbocycles. The van der Waals surface area contributed by atoms with Crippen molar-refractivity contribution in [1.29, 1.82) is 0 Å². The van der Waals surface area contributed by atoms with E-state index < -0.39 is 5.97 Å². The quantitative estimate of drug-likeness (QED) is 0.802. The molecule has 0 fully saturated rings. The van der Waals surface area contributed by atoms with Crippen molar-refractivity contribution in [2.24, 2.45) is 0 Å². The van der Waals surface area contributed by atoms with Crippen LogP contribution >= 0.6 is 11.6 Å². The molecule has 0 aliphatic rings. The van der Waals surface area contributed by atoms with E-state index in [1.54, 1.807) is 28.9 Å². The molecule has 6 heteroatoms. The zero-order valence-corrected chi connectivity index (χ0v) is 12.3. The number of halogens is 1. The number of furan rings is 1. The Balaban J connectivity index is 2.14. The lowest BCUT2D eigenvalue weighted by molar-refractivity contribution is 0.0696. The molecule has 2 aromatic heterocycles. The Labute approximate surface area is 125 Å². The van der Waals surface area contributed by atoms with Gasteiger partial charge in [-0.3, -0.25) is 4.68 Å². The highest BCUT2D eigenvalue weighted by molar-refractivity contribution is 6.31. The van der Waals surface area contributed by atoms with Crippen LogP contribution < -0.4 is 0 Å². The summed E-state index contributed by atoms with van der Waals surface area (Å²) in [7, 11) is 0. The predicted octanol–water partition coefficient (Wildman–Crippen LogP) is 3.65. The number of hydrogen-bond acceptors (Lipinski definition) is 3. The third kappa shape index (κ3) is 2.19. The summed E-state index contributed by atoms with van der Waals surface area (Å²) >= 11 is 6.12. The molecule has 108 valence electrons. The van der Waals surface area contributed by atoms with Crippen molar-refractivity contribution in [2.45, 2.75) is 20.4 Å². The predicted molar refractivity (Wildman–Crippen MR) is 79.0 cm³/mol. The lowest BCUT2D eigenvalue weighted by Gasteiger charge is -2.03. The van der Waals surface area contributed by atoms with E-state index in [9.17, 15) is 9.90 Å². The maximum atomic E-state index is 11.5. The van der Waals surface area contributed by atoms with Gasteiger partial charge in [-0.1, -0.05) is 29.8 Å². The Morgan fingerprint density at radius 2 is 2.10 bits per heavy atom. The summed E-state index contributed by atoms with van der Waals surface area (Å²) in [5.41, 5.74) is 2.22. The average molecular weight is 305 g/mol. The van der Waals surface area contributed by atoms with Gasteiger partial charge < -0.3 is 9.52 Å². The monoisotopic (exact) mass is 304 g/mol. The van der Waals surface area contributed by atoms with E-state index in [1.807, 2.05) is 13.8 Å². The minimum Gasteiger partial charge on any atom is -0.478 e. The molecule has 0 atom stereocenters. The van der Waals surface area contributed by atoms with E-state index in [0.717, 1.165) is 5.69 Å². The molecule has 3 aromatic rings. The maximum Gasteiger partial charge on any atom is 0.339 e. The molecule has 0 saturated carbocycles. The number of carboxylic acid groups (broad SMARTS) is 1. The molecule has 0 aliphatic heterocycles. The average Bonchev–Trinajstić information content (AvgIpc) is 2.92. The Kier molecular flexibility index (Phi) is 3.22. The molecule has 0 aliphatic carbocycles. The van der Waals surface area contributed by atoms with Gasteiger partial charge in [0, 0.05) is 5.39 Å². The van der Waals surface area contributed by atoms with Gasteiger partial charge in [-0.05, 0) is 19.9 Å². The fraction of sp³-hybridized carbons (Fsp3) is 0.200. The van der Waals surface area contributed by atoms with Gasteiger partial charge in [-0.2, -0.15) is 5.10 Å². The third-order valence-corrected chi connectivity index (χ3v) is 4.02. The normalized spacial score (nSPS) is 11.2. The smallest absolute Gasteiger partial charge is 0.339 e. The van der Waals surface area contributed by atoms with E-state index in [0.29, 0.717) is 27.4 Å². The van der Waals surface area contributed by atoms with Crippen molar-refractivity contribution in [2.75, 3.05) is 0 Å². The van der Waals surface area contributed by atoms with Gasteiger partial charge >= 0.3 is 5.97 Å². The van der Waals surface area contributed by atoms with Gasteiger partial charge in [0.15, 0.2) is 0 Å². The number of fused-ring (bicyclic) bond motifs is 1. The summed E-state index contributed by atoms with van der Waals surface area (Å²) < 4.78 is 7.34. The Morgan fingerprint density at radius 1 is 1.38 bits per heavy atom. The summed E-state index contributed by atoms with van der Waals surface area (Å²) in [4.78, 5) is 11.5. The zero-order chi connectivity index (χ0) is 15.1. The second kappa shape index (κ2) is 4.93. The number of hydrogen-bond donors (Lipinski definition) is 1. The molecule has 0 unspecified atom stereocenters. The fourth-order valence-electron chi connectivity index (χ4n) is 2.41. The summed E-state index contributed by atoms with van der Waals surface area (Å²) in [6.45, 7) is 3.88. The van der Waals surface area contributed by atoms with Crippen LogP contribution in [0.1, 0.15) is 27.5 Å². The van der Waals surface area contributed by atoms with Crippen molar-refractivity contribution >= 4 is 28.5 Å². The SMILES string of the molecule is Cc1nn(Cc2oc3ccccc3c2C(=O)O)c(C)c1Cl. The van der Waals surface area contributed by atoms with Crippen LogP contribution in [0.2, 0.25) is 5.02 Å². The van der Waals surface area contributed by atoms with E-state index in [1.165, 1.54) is 0 Å². The third-order valence-electron chi connectivity index (χ3n) is 3.47. The van der Waals surface area contributed by atoms with Crippen molar-refractivity contribution in [3.63, 3.8) is 0 Å². The zero-order valence-electron chi connectivity index (χ0n) is 11.6. The molecule has 0 radical (unpaired) electrons. The van der Waals surface area contributed by atoms with E-state index in [4.69, 9.17) is 16.0 Å². The lowest BCUT2D eigenvalue weighted by Crippen LogP contribution is -2.07. The lowest BCUT2D eigenvalue weighted by atomic mass is 10.1. The first-order valence-electron chi connectivity index (χ1n) is 6.42. The van der Waals surface area contributed by atoms with Crippen LogP contribution in [0.25, 0.3) is 11.0 Å². The maximum absolute atomic E-state index is 11.5. The van der Waals surface area contributed by atoms with Gasteiger partial charge in [0.25, 0.3) is 0 Å². The fourth-order valence-corrected chi connectivity index (χ4v) is 2.54. The van der Waals surface area contributed by atoms with Gasteiger partial charge in [0.05, 0.1) is 16.4 Å². The second-order valence-corrected chi connectivity index (χ2v) is 5.22. The number of aryl methyl sites for hydroxylation is 1. The molecule has 21 heavy (non-hydrogen) atoms. The first-order valence-corrected chi connectivity index (χ1v) is 6.80. The first-order chi connectivity index (χ1) is 9.99. The van der Waals surface area contributed by atoms with Crippen molar-refractivity contribution in [1.82, 2.24) is 9.78 Å². The van der Waals surface area contributed by atoms with Gasteiger partial charge in [0.1, 0.15) is 23.5 Å². The van der Waals surface area contributed by atoms with Crippen LogP contribution in [0.3, 0.4) is 0 Å². The standard InChI is InChI=1S/C15H13ClN2O3/c1-8-14(16)9(2)18(17-8)7-12-13(15(19)20)10-5-3-4-6-11(10)21-12/h3-6H,7H2,1-2H3,(H,19,20). The van der Waals surface area contributed by atoms with E-state index in [2.05, 4.69) is 5.10 Å². The number of carbonyl (C=O) groups is 1. The van der Waals surface area contributed by atoms with E-state index in [-0.39, 0.29) is 12.1 Å². The largest absolute Gasteiger partial charge is 0.478 e. The Hall–Kier alpha value is -2.27. The molecular formula is C15H13ClN2O3. The van der Waals surface area contributed by atoms with Crippen molar-refractivity contribution < 1.29 is 14.3 Å².